The lowest BCUT2D eigenvalue weighted by molar-refractivity contribution is 0.386. The summed E-state index contributed by atoms with van der Waals surface area (Å²) in [5.41, 5.74) is 1.39. The fourth-order valence-electron chi connectivity index (χ4n) is 1.71. The van der Waals surface area contributed by atoms with E-state index >= 15 is 0 Å². The molecule has 0 saturated carbocycles. The molecule has 2 aromatic rings. The van der Waals surface area contributed by atoms with E-state index in [0.29, 0.717) is 21.2 Å². The van der Waals surface area contributed by atoms with E-state index in [1.807, 2.05) is 6.07 Å². The van der Waals surface area contributed by atoms with Gasteiger partial charge in [-0.2, -0.15) is 5.26 Å². The normalized spacial score (nSPS) is 10.0. The van der Waals surface area contributed by atoms with E-state index in [9.17, 15) is 9.50 Å². The minimum atomic E-state index is -0.485. The topological polar surface area (TPSA) is 53.2 Å². The fraction of sp³-hybridized carbons (Fsp3) is 0.0714. The van der Waals surface area contributed by atoms with Crippen molar-refractivity contribution in [2.45, 2.75) is 0 Å². The van der Waals surface area contributed by atoms with Crippen LogP contribution in [0.2, 0.25) is 0 Å². The second-order valence-electron chi connectivity index (χ2n) is 3.82. The SMILES string of the molecule is COc1cc(-c2cc(C#N)cc(Br)c2O)ccc1F. The maximum atomic E-state index is 13.4. The zero-order valence-electron chi connectivity index (χ0n) is 9.95. The summed E-state index contributed by atoms with van der Waals surface area (Å²) in [5, 5.41) is 18.9. The van der Waals surface area contributed by atoms with Crippen LogP contribution in [0.1, 0.15) is 5.56 Å². The van der Waals surface area contributed by atoms with Gasteiger partial charge in [0, 0.05) is 5.56 Å². The monoisotopic (exact) mass is 321 g/mol. The standard InChI is InChI=1S/C14H9BrFNO2/c1-19-13-6-9(2-3-12(13)16)10-4-8(7-17)5-11(15)14(10)18/h2-6,18H,1H3. The molecule has 0 unspecified atom stereocenters. The van der Waals surface area contributed by atoms with Gasteiger partial charge in [-0.15, -0.1) is 0 Å². The van der Waals surface area contributed by atoms with E-state index in [1.54, 1.807) is 0 Å². The van der Waals surface area contributed by atoms with Gasteiger partial charge in [-0.05, 0) is 45.8 Å². The third-order valence-corrected chi connectivity index (χ3v) is 3.26. The zero-order valence-corrected chi connectivity index (χ0v) is 11.5. The third kappa shape index (κ3) is 2.54. The molecule has 0 aliphatic heterocycles. The molecule has 0 atom stereocenters. The molecule has 2 aromatic carbocycles. The van der Waals surface area contributed by atoms with Crippen LogP contribution in [0.3, 0.4) is 0 Å². The van der Waals surface area contributed by atoms with E-state index in [0.717, 1.165) is 0 Å². The number of methoxy groups -OCH3 is 1. The van der Waals surface area contributed by atoms with Gasteiger partial charge in [0.15, 0.2) is 11.6 Å². The maximum absolute atomic E-state index is 13.4. The van der Waals surface area contributed by atoms with Crippen LogP contribution >= 0.6 is 15.9 Å². The average molecular weight is 322 g/mol. The molecule has 2 rings (SSSR count). The van der Waals surface area contributed by atoms with Crippen molar-refractivity contribution < 1.29 is 14.2 Å². The summed E-state index contributed by atoms with van der Waals surface area (Å²) >= 11 is 3.18. The minimum Gasteiger partial charge on any atom is -0.506 e. The lowest BCUT2D eigenvalue weighted by atomic mass is 10.0. The molecule has 1 N–H and O–H groups in total. The summed E-state index contributed by atoms with van der Waals surface area (Å²) in [5.74, 6) is -0.413. The van der Waals surface area contributed by atoms with Crippen molar-refractivity contribution in [3.05, 3.63) is 46.2 Å². The number of nitriles is 1. The molecule has 0 aliphatic rings. The van der Waals surface area contributed by atoms with Gasteiger partial charge in [0.25, 0.3) is 0 Å². The first-order valence-corrected chi connectivity index (χ1v) is 6.12. The van der Waals surface area contributed by atoms with E-state index in [2.05, 4.69) is 15.9 Å². The molecule has 96 valence electrons. The summed E-state index contributed by atoms with van der Waals surface area (Å²) in [6, 6.07) is 9.28. The number of benzene rings is 2. The highest BCUT2D eigenvalue weighted by molar-refractivity contribution is 9.10. The second kappa shape index (κ2) is 5.29. The van der Waals surface area contributed by atoms with Crippen LogP contribution in [0.15, 0.2) is 34.8 Å². The number of phenols is 1. The Balaban J connectivity index is 2.65. The van der Waals surface area contributed by atoms with E-state index in [4.69, 9.17) is 10.00 Å². The van der Waals surface area contributed by atoms with Gasteiger partial charge in [0.2, 0.25) is 0 Å². The van der Waals surface area contributed by atoms with Crippen LogP contribution in [-0.2, 0) is 0 Å². The van der Waals surface area contributed by atoms with Crippen LogP contribution < -0.4 is 4.74 Å². The molecule has 0 saturated heterocycles. The Labute approximate surface area is 118 Å². The Morgan fingerprint density at radius 1 is 1.32 bits per heavy atom. The lowest BCUT2D eigenvalue weighted by Crippen LogP contribution is -1.90. The van der Waals surface area contributed by atoms with Gasteiger partial charge in [-0.1, -0.05) is 6.07 Å². The molecule has 0 fully saturated rings. The summed E-state index contributed by atoms with van der Waals surface area (Å²) in [6.45, 7) is 0. The van der Waals surface area contributed by atoms with E-state index < -0.39 is 5.82 Å². The molecule has 19 heavy (non-hydrogen) atoms. The number of halogens is 2. The zero-order chi connectivity index (χ0) is 14.0. The number of hydrogen-bond donors (Lipinski definition) is 1. The molecular weight excluding hydrogens is 313 g/mol. The van der Waals surface area contributed by atoms with Crippen LogP contribution in [-0.4, -0.2) is 12.2 Å². The van der Waals surface area contributed by atoms with Gasteiger partial charge in [0.1, 0.15) is 5.75 Å². The fourth-order valence-corrected chi connectivity index (χ4v) is 2.17. The Morgan fingerprint density at radius 3 is 2.68 bits per heavy atom. The Morgan fingerprint density at radius 2 is 2.05 bits per heavy atom. The summed E-state index contributed by atoms with van der Waals surface area (Å²) < 4.78 is 18.7. The maximum Gasteiger partial charge on any atom is 0.165 e. The molecule has 0 heterocycles. The summed E-state index contributed by atoms with van der Waals surface area (Å²) in [6.07, 6.45) is 0. The molecule has 0 amide bonds. The molecule has 3 nitrogen and oxygen atoms in total. The van der Waals surface area contributed by atoms with Gasteiger partial charge in [0.05, 0.1) is 23.2 Å². The Hall–Kier alpha value is -2.06. The number of aromatic hydroxyl groups is 1. The van der Waals surface area contributed by atoms with Gasteiger partial charge in [-0.3, -0.25) is 0 Å². The number of nitrogens with zero attached hydrogens (tertiary/aromatic N) is 1. The number of rotatable bonds is 2. The smallest absolute Gasteiger partial charge is 0.165 e. The van der Waals surface area contributed by atoms with Crippen molar-refractivity contribution in [3.8, 4) is 28.7 Å². The molecule has 0 bridgehead atoms. The first-order chi connectivity index (χ1) is 9.06. The second-order valence-corrected chi connectivity index (χ2v) is 4.67. The number of ether oxygens (including phenoxy) is 1. The number of phenolic OH excluding ortho intramolecular Hbond substituents is 1. The highest BCUT2D eigenvalue weighted by atomic mass is 79.9. The van der Waals surface area contributed by atoms with Crippen molar-refractivity contribution in [2.75, 3.05) is 7.11 Å². The van der Waals surface area contributed by atoms with Crippen molar-refractivity contribution in [1.82, 2.24) is 0 Å². The minimum absolute atomic E-state index is 0.00680. The van der Waals surface area contributed by atoms with Crippen molar-refractivity contribution in [3.63, 3.8) is 0 Å². The van der Waals surface area contributed by atoms with Crippen LogP contribution in [0.25, 0.3) is 11.1 Å². The van der Waals surface area contributed by atoms with Gasteiger partial charge >= 0.3 is 0 Å². The molecule has 0 spiro atoms. The predicted molar refractivity (Wildman–Crippen MR) is 72.5 cm³/mol. The van der Waals surface area contributed by atoms with Gasteiger partial charge in [-0.25, -0.2) is 4.39 Å². The number of hydrogen-bond acceptors (Lipinski definition) is 3. The van der Waals surface area contributed by atoms with Crippen molar-refractivity contribution in [1.29, 1.82) is 5.26 Å². The lowest BCUT2D eigenvalue weighted by Gasteiger charge is -2.09. The quantitative estimate of drug-likeness (QED) is 0.914. The highest BCUT2D eigenvalue weighted by Crippen LogP contribution is 2.38. The van der Waals surface area contributed by atoms with E-state index in [1.165, 1.54) is 37.4 Å². The summed E-state index contributed by atoms with van der Waals surface area (Å²) in [4.78, 5) is 0. The molecule has 0 aromatic heterocycles. The van der Waals surface area contributed by atoms with Gasteiger partial charge < -0.3 is 9.84 Å². The van der Waals surface area contributed by atoms with Crippen LogP contribution in [0.5, 0.6) is 11.5 Å². The molecule has 0 radical (unpaired) electrons. The highest BCUT2D eigenvalue weighted by Gasteiger charge is 2.12. The Bertz CT molecular complexity index is 680. The average Bonchev–Trinajstić information content (AvgIpc) is 2.42. The van der Waals surface area contributed by atoms with Crippen LogP contribution in [0, 0.1) is 17.1 Å². The van der Waals surface area contributed by atoms with E-state index in [-0.39, 0.29) is 11.5 Å². The predicted octanol–water partition coefficient (Wildman–Crippen LogP) is 3.84. The first-order valence-electron chi connectivity index (χ1n) is 5.33. The molecule has 0 aliphatic carbocycles. The summed E-state index contributed by atoms with van der Waals surface area (Å²) in [7, 11) is 1.36. The van der Waals surface area contributed by atoms with Crippen molar-refractivity contribution >= 4 is 15.9 Å². The molecular formula is C14H9BrFNO2. The Kier molecular flexibility index (Phi) is 3.72. The largest absolute Gasteiger partial charge is 0.506 e. The third-order valence-electron chi connectivity index (χ3n) is 2.65. The molecule has 5 heteroatoms. The first kappa shape index (κ1) is 13.4. The van der Waals surface area contributed by atoms with Crippen molar-refractivity contribution in [2.24, 2.45) is 0 Å². The van der Waals surface area contributed by atoms with Crippen LogP contribution in [0.4, 0.5) is 4.39 Å².